The van der Waals surface area contributed by atoms with Crippen molar-refractivity contribution in [2.75, 3.05) is 5.88 Å². The summed E-state index contributed by atoms with van der Waals surface area (Å²) >= 11 is 5.65. The molecule has 0 aliphatic carbocycles. The number of alkyl halides is 1. The van der Waals surface area contributed by atoms with Crippen molar-refractivity contribution in [1.82, 2.24) is 5.32 Å². The maximum atomic E-state index is 12.3. The van der Waals surface area contributed by atoms with Gasteiger partial charge < -0.3 is 15.8 Å². The highest BCUT2D eigenvalue weighted by atomic mass is 35.5. The first-order chi connectivity index (χ1) is 13.5. The summed E-state index contributed by atoms with van der Waals surface area (Å²) in [6.45, 7) is 0.107. The lowest BCUT2D eigenvalue weighted by Gasteiger charge is -2.19. The smallest absolute Gasteiger partial charge is 0.308 e. The number of ketones is 1. The number of nitrogens with one attached hydrogen (secondary N) is 1. The van der Waals surface area contributed by atoms with E-state index < -0.39 is 24.0 Å². The summed E-state index contributed by atoms with van der Waals surface area (Å²) in [6, 6.07) is 16.5. The molecule has 28 heavy (non-hydrogen) atoms. The first-order valence-electron chi connectivity index (χ1n) is 8.87. The van der Waals surface area contributed by atoms with Gasteiger partial charge in [0.05, 0.1) is 24.4 Å². The highest BCUT2D eigenvalue weighted by Gasteiger charge is 2.25. The van der Waals surface area contributed by atoms with Crippen molar-refractivity contribution in [3.63, 3.8) is 0 Å². The molecule has 2 rings (SSSR count). The zero-order valence-corrected chi connectivity index (χ0v) is 16.1. The number of hydrogen-bond acceptors (Lipinski definition) is 5. The summed E-state index contributed by atoms with van der Waals surface area (Å²) in [5, 5.41) is 2.59. The van der Waals surface area contributed by atoms with Gasteiger partial charge in [0.1, 0.15) is 6.61 Å². The molecule has 2 atom stereocenters. The summed E-state index contributed by atoms with van der Waals surface area (Å²) in [5.74, 6) is -1.74. The van der Waals surface area contributed by atoms with Crippen LogP contribution in [0.3, 0.4) is 0 Å². The number of rotatable bonds is 10. The van der Waals surface area contributed by atoms with Crippen LogP contribution in [-0.4, -0.2) is 35.6 Å². The summed E-state index contributed by atoms with van der Waals surface area (Å²) in [4.78, 5) is 36.3. The van der Waals surface area contributed by atoms with E-state index in [1.54, 1.807) is 0 Å². The Morgan fingerprint density at radius 1 is 0.964 bits per heavy atom. The van der Waals surface area contributed by atoms with E-state index in [-0.39, 0.29) is 24.7 Å². The van der Waals surface area contributed by atoms with Gasteiger partial charge >= 0.3 is 5.97 Å². The van der Waals surface area contributed by atoms with Gasteiger partial charge in [0, 0.05) is 0 Å². The topological polar surface area (TPSA) is 98.5 Å². The average molecular weight is 403 g/mol. The molecule has 0 aliphatic heterocycles. The van der Waals surface area contributed by atoms with E-state index in [1.165, 1.54) is 0 Å². The number of hydrogen-bond donors (Lipinski definition) is 2. The minimum absolute atomic E-state index is 0.107. The molecule has 6 nitrogen and oxygen atoms in total. The predicted octanol–water partition coefficient (Wildman–Crippen LogP) is 1.98. The van der Waals surface area contributed by atoms with Crippen molar-refractivity contribution >= 4 is 29.3 Å². The van der Waals surface area contributed by atoms with Gasteiger partial charge in [0.25, 0.3) is 0 Å². The molecule has 0 heterocycles. The molecule has 0 aromatic heterocycles. The number of carbonyl (C=O) groups is 3. The van der Waals surface area contributed by atoms with Gasteiger partial charge in [-0.2, -0.15) is 0 Å². The van der Waals surface area contributed by atoms with Crippen molar-refractivity contribution in [3.05, 3.63) is 71.8 Å². The number of Topliss-reactive ketones (excluding diaryl/α,β-unsaturated/α-hetero) is 1. The van der Waals surface area contributed by atoms with Crippen molar-refractivity contribution in [2.24, 2.45) is 5.73 Å². The lowest BCUT2D eigenvalue weighted by Crippen LogP contribution is -2.50. The molecular formula is C21H23ClN2O4. The van der Waals surface area contributed by atoms with Crippen molar-refractivity contribution in [1.29, 1.82) is 0 Å². The molecule has 3 N–H and O–H groups in total. The molecule has 0 saturated carbocycles. The molecule has 0 radical (unpaired) electrons. The number of nitrogens with two attached hydrogens (primary N) is 1. The Hall–Kier alpha value is -2.70. The lowest BCUT2D eigenvalue weighted by atomic mass is 10.0. The van der Waals surface area contributed by atoms with Crippen LogP contribution in [0.1, 0.15) is 17.5 Å². The highest BCUT2D eigenvalue weighted by molar-refractivity contribution is 6.28. The quantitative estimate of drug-likeness (QED) is 0.467. The van der Waals surface area contributed by atoms with Gasteiger partial charge in [-0.15, -0.1) is 11.6 Å². The fourth-order valence-corrected chi connectivity index (χ4v) is 2.72. The predicted molar refractivity (Wildman–Crippen MR) is 107 cm³/mol. The Labute approximate surface area is 169 Å². The molecule has 148 valence electrons. The van der Waals surface area contributed by atoms with Crippen LogP contribution in [-0.2, 0) is 32.1 Å². The summed E-state index contributed by atoms with van der Waals surface area (Å²) in [5.41, 5.74) is 7.53. The third-order valence-electron chi connectivity index (χ3n) is 4.09. The number of amides is 1. The maximum absolute atomic E-state index is 12.3. The normalized spacial score (nSPS) is 12.6. The van der Waals surface area contributed by atoms with Crippen molar-refractivity contribution < 1.29 is 19.1 Å². The standard InChI is InChI=1S/C21H23ClN2O4/c22-13-19(25)18(11-15-7-3-1-4-8-15)24-21(27)17(23)12-20(26)28-14-16-9-5-2-6-10-16/h1-10,17-18H,11-14,23H2,(H,24,27)/t17-,18-/m0/s1. The third-order valence-corrected chi connectivity index (χ3v) is 4.35. The number of halogens is 1. The van der Waals surface area contributed by atoms with Crippen LogP contribution in [0.5, 0.6) is 0 Å². The lowest BCUT2D eigenvalue weighted by molar-refractivity contribution is -0.146. The average Bonchev–Trinajstić information content (AvgIpc) is 2.72. The molecular weight excluding hydrogens is 380 g/mol. The molecule has 0 unspecified atom stereocenters. The number of ether oxygens (including phenoxy) is 1. The van der Waals surface area contributed by atoms with Gasteiger partial charge in [-0.05, 0) is 17.5 Å². The molecule has 0 saturated heterocycles. The van der Waals surface area contributed by atoms with Crippen LogP contribution in [0.25, 0.3) is 0 Å². The van der Waals surface area contributed by atoms with Crippen LogP contribution in [0.15, 0.2) is 60.7 Å². The minimum Gasteiger partial charge on any atom is -0.461 e. The number of carbonyl (C=O) groups excluding carboxylic acids is 3. The second kappa shape index (κ2) is 11.2. The molecule has 0 bridgehead atoms. The number of esters is 1. The largest absolute Gasteiger partial charge is 0.461 e. The Bertz CT molecular complexity index is 784. The monoisotopic (exact) mass is 402 g/mol. The second-order valence-electron chi connectivity index (χ2n) is 6.31. The molecule has 7 heteroatoms. The van der Waals surface area contributed by atoms with Crippen molar-refractivity contribution in [3.8, 4) is 0 Å². The summed E-state index contributed by atoms with van der Waals surface area (Å²) < 4.78 is 5.13. The summed E-state index contributed by atoms with van der Waals surface area (Å²) in [6.07, 6.45) is 0.00902. The Morgan fingerprint density at radius 3 is 2.11 bits per heavy atom. The van der Waals surface area contributed by atoms with E-state index >= 15 is 0 Å². The summed E-state index contributed by atoms with van der Waals surface area (Å²) in [7, 11) is 0. The third kappa shape index (κ3) is 7.13. The van der Waals surface area contributed by atoms with Gasteiger partial charge in [0.15, 0.2) is 5.78 Å². The molecule has 2 aromatic rings. The zero-order valence-electron chi connectivity index (χ0n) is 15.3. The first kappa shape index (κ1) is 21.6. The zero-order chi connectivity index (χ0) is 20.4. The minimum atomic E-state index is -1.12. The second-order valence-corrected chi connectivity index (χ2v) is 6.58. The molecule has 0 spiro atoms. The number of benzene rings is 2. The van der Waals surface area contributed by atoms with Crippen molar-refractivity contribution in [2.45, 2.75) is 31.5 Å². The fraction of sp³-hybridized carbons (Fsp3) is 0.286. The van der Waals surface area contributed by atoms with Gasteiger partial charge in [-0.3, -0.25) is 14.4 Å². The highest BCUT2D eigenvalue weighted by Crippen LogP contribution is 2.07. The van der Waals surface area contributed by atoms with Crippen LogP contribution in [0, 0.1) is 0 Å². The molecule has 2 aromatic carbocycles. The van der Waals surface area contributed by atoms with Crippen LogP contribution in [0.4, 0.5) is 0 Å². The van der Waals surface area contributed by atoms with E-state index in [0.717, 1.165) is 11.1 Å². The van der Waals surface area contributed by atoms with Gasteiger partial charge in [-0.1, -0.05) is 60.7 Å². The van der Waals surface area contributed by atoms with Crippen LogP contribution in [0.2, 0.25) is 0 Å². The van der Waals surface area contributed by atoms with Gasteiger partial charge in [0.2, 0.25) is 5.91 Å². The molecule has 0 aliphatic rings. The molecule has 0 fully saturated rings. The fourth-order valence-electron chi connectivity index (χ4n) is 2.54. The van der Waals surface area contributed by atoms with E-state index in [2.05, 4.69) is 5.32 Å². The van der Waals surface area contributed by atoms with Crippen LogP contribution < -0.4 is 11.1 Å². The van der Waals surface area contributed by atoms with E-state index in [1.807, 2.05) is 60.7 Å². The Kier molecular flexibility index (Phi) is 8.65. The molecule has 1 amide bonds. The van der Waals surface area contributed by atoms with E-state index in [4.69, 9.17) is 22.1 Å². The maximum Gasteiger partial charge on any atom is 0.308 e. The first-order valence-corrected chi connectivity index (χ1v) is 9.41. The Balaban J connectivity index is 1.87. The van der Waals surface area contributed by atoms with Crippen LogP contribution >= 0.6 is 11.6 Å². The SMILES string of the molecule is N[C@@H](CC(=O)OCc1ccccc1)C(=O)N[C@@H](Cc1ccccc1)C(=O)CCl. The van der Waals surface area contributed by atoms with E-state index in [0.29, 0.717) is 6.42 Å². The van der Waals surface area contributed by atoms with E-state index in [9.17, 15) is 14.4 Å². The Morgan fingerprint density at radius 2 is 1.54 bits per heavy atom. The van der Waals surface area contributed by atoms with Gasteiger partial charge in [-0.25, -0.2) is 0 Å².